The Hall–Kier alpha value is -1.69. The highest BCUT2D eigenvalue weighted by molar-refractivity contribution is 7.10. The van der Waals surface area contributed by atoms with Gasteiger partial charge in [0.05, 0.1) is 15.7 Å². The topological polar surface area (TPSA) is 38.9 Å². The number of rotatable bonds is 3. The number of thiazole rings is 2. The fourth-order valence-corrected chi connectivity index (χ4v) is 3.88. The molecule has 3 heterocycles. The van der Waals surface area contributed by atoms with Crippen molar-refractivity contribution in [3.63, 3.8) is 0 Å². The van der Waals surface area contributed by atoms with Crippen molar-refractivity contribution in [3.8, 4) is 11.5 Å². The summed E-state index contributed by atoms with van der Waals surface area (Å²) in [5.74, 6) is 0.772. The molecule has 4 aromatic rings. The van der Waals surface area contributed by atoms with Crippen molar-refractivity contribution in [1.82, 2.24) is 9.97 Å². The second-order valence-electron chi connectivity index (χ2n) is 4.95. The van der Waals surface area contributed by atoms with Crippen LogP contribution in [-0.2, 0) is 6.42 Å². The Labute approximate surface area is 140 Å². The zero-order valence-electron chi connectivity index (χ0n) is 11.7. The van der Waals surface area contributed by atoms with Gasteiger partial charge in [-0.05, 0) is 31.2 Å². The predicted molar refractivity (Wildman–Crippen MR) is 92.0 cm³/mol. The van der Waals surface area contributed by atoms with Gasteiger partial charge < -0.3 is 4.42 Å². The highest BCUT2D eigenvalue weighted by atomic mass is 35.5. The fraction of sp³-hybridized carbons (Fsp3) is 0.125. The SMILES string of the molecule is Cc1nc(Cc2nc(-c3cc4cc(Cl)ccc4o3)cs2)cs1. The molecule has 0 aliphatic carbocycles. The van der Waals surface area contributed by atoms with Crippen LogP contribution in [0.25, 0.3) is 22.4 Å². The summed E-state index contributed by atoms with van der Waals surface area (Å²) in [6, 6.07) is 7.59. The van der Waals surface area contributed by atoms with E-state index in [1.165, 1.54) is 0 Å². The smallest absolute Gasteiger partial charge is 0.154 e. The summed E-state index contributed by atoms with van der Waals surface area (Å²) in [4.78, 5) is 9.14. The lowest BCUT2D eigenvalue weighted by Crippen LogP contribution is -1.87. The quantitative estimate of drug-likeness (QED) is 0.487. The zero-order valence-corrected chi connectivity index (χ0v) is 14.1. The van der Waals surface area contributed by atoms with Gasteiger partial charge in [0.25, 0.3) is 0 Å². The highest BCUT2D eigenvalue weighted by Crippen LogP contribution is 2.30. The van der Waals surface area contributed by atoms with Crippen LogP contribution in [0, 0.1) is 6.92 Å². The number of fused-ring (bicyclic) bond motifs is 1. The second kappa shape index (κ2) is 5.50. The molecular formula is C16H11ClN2OS2. The van der Waals surface area contributed by atoms with E-state index in [4.69, 9.17) is 16.0 Å². The summed E-state index contributed by atoms with van der Waals surface area (Å²) in [7, 11) is 0. The minimum atomic E-state index is 0.706. The van der Waals surface area contributed by atoms with E-state index in [9.17, 15) is 0 Å². The van der Waals surface area contributed by atoms with Crippen molar-refractivity contribution < 1.29 is 4.42 Å². The summed E-state index contributed by atoms with van der Waals surface area (Å²) in [5, 5.41) is 7.93. The Morgan fingerprint density at radius 3 is 2.86 bits per heavy atom. The van der Waals surface area contributed by atoms with E-state index in [-0.39, 0.29) is 0 Å². The lowest BCUT2D eigenvalue weighted by atomic mass is 10.2. The van der Waals surface area contributed by atoms with Gasteiger partial charge in [0.1, 0.15) is 11.3 Å². The maximum Gasteiger partial charge on any atom is 0.154 e. The molecule has 0 aliphatic heterocycles. The maximum absolute atomic E-state index is 6.01. The van der Waals surface area contributed by atoms with Gasteiger partial charge in [-0.25, -0.2) is 9.97 Å². The van der Waals surface area contributed by atoms with E-state index >= 15 is 0 Å². The molecule has 4 rings (SSSR count). The number of nitrogens with zero attached hydrogens (tertiary/aromatic N) is 2. The molecule has 0 unspecified atom stereocenters. The first-order chi connectivity index (χ1) is 10.7. The Morgan fingerprint density at radius 1 is 1.14 bits per heavy atom. The number of furan rings is 1. The monoisotopic (exact) mass is 346 g/mol. The highest BCUT2D eigenvalue weighted by Gasteiger charge is 2.11. The number of hydrogen-bond donors (Lipinski definition) is 0. The summed E-state index contributed by atoms with van der Waals surface area (Å²) < 4.78 is 5.85. The molecule has 0 spiro atoms. The lowest BCUT2D eigenvalue weighted by Gasteiger charge is -1.91. The van der Waals surface area contributed by atoms with Crippen LogP contribution < -0.4 is 0 Å². The van der Waals surface area contributed by atoms with Crippen LogP contribution in [-0.4, -0.2) is 9.97 Å². The molecule has 6 heteroatoms. The largest absolute Gasteiger partial charge is 0.454 e. The molecule has 0 fully saturated rings. The normalized spacial score (nSPS) is 11.4. The van der Waals surface area contributed by atoms with E-state index in [1.807, 2.05) is 36.6 Å². The molecule has 0 aliphatic rings. The number of aryl methyl sites for hydroxylation is 1. The summed E-state index contributed by atoms with van der Waals surface area (Å²) in [6.07, 6.45) is 0.765. The minimum absolute atomic E-state index is 0.706. The predicted octanol–water partition coefficient (Wildman–Crippen LogP) is 5.57. The molecule has 3 nitrogen and oxygen atoms in total. The maximum atomic E-state index is 6.01. The van der Waals surface area contributed by atoms with Gasteiger partial charge in [-0.1, -0.05) is 11.6 Å². The first-order valence-corrected chi connectivity index (χ1v) is 8.86. The first-order valence-electron chi connectivity index (χ1n) is 6.72. The molecule has 3 aromatic heterocycles. The average molecular weight is 347 g/mol. The molecule has 0 amide bonds. The van der Waals surface area contributed by atoms with Gasteiger partial charge in [-0.3, -0.25) is 0 Å². The molecule has 110 valence electrons. The van der Waals surface area contributed by atoms with Crippen molar-refractivity contribution in [2.75, 3.05) is 0 Å². The standard InChI is InChI=1S/C16H11ClN2OS2/c1-9-18-12(7-21-9)6-16-19-13(8-22-16)15-5-10-4-11(17)2-3-14(10)20-15/h2-5,7-8H,6H2,1H3. The first kappa shape index (κ1) is 13.9. The van der Waals surface area contributed by atoms with Crippen molar-refractivity contribution in [3.05, 3.63) is 55.8 Å². The van der Waals surface area contributed by atoms with Gasteiger partial charge in [0, 0.05) is 27.6 Å². The third-order valence-electron chi connectivity index (χ3n) is 3.28. The molecular weight excluding hydrogens is 336 g/mol. The van der Waals surface area contributed by atoms with Gasteiger partial charge in [-0.15, -0.1) is 22.7 Å². The molecule has 0 atom stereocenters. The van der Waals surface area contributed by atoms with Gasteiger partial charge in [-0.2, -0.15) is 0 Å². The van der Waals surface area contributed by atoms with E-state index in [2.05, 4.69) is 15.3 Å². The Kier molecular flexibility index (Phi) is 3.48. The third kappa shape index (κ3) is 2.67. The Morgan fingerprint density at radius 2 is 2.05 bits per heavy atom. The number of halogens is 1. The van der Waals surface area contributed by atoms with Crippen LogP contribution in [0.15, 0.2) is 39.4 Å². The van der Waals surface area contributed by atoms with Crippen molar-refractivity contribution in [2.45, 2.75) is 13.3 Å². The average Bonchev–Trinajstić information content (AvgIpc) is 3.18. The van der Waals surface area contributed by atoms with E-state index in [0.29, 0.717) is 5.02 Å². The second-order valence-corrected chi connectivity index (χ2v) is 7.40. The molecule has 22 heavy (non-hydrogen) atoms. The van der Waals surface area contributed by atoms with E-state index in [0.717, 1.165) is 44.6 Å². The molecule has 0 radical (unpaired) electrons. The fourth-order valence-electron chi connectivity index (χ4n) is 2.29. The van der Waals surface area contributed by atoms with Gasteiger partial charge in [0.2, 0.25) is 0 Å². The van der Waals surface area contributed by atoms with Crippen molar-refractivity contribution in [1.29, 1.82) is 0 Å². The molecule has 0 N–H and O–H groups in total. The van der Waals surface area contributed by atoms with Gasteiger partial charge in [0.15, 0.2) is 5.76 Å². The minimum Gasteiger partial charge on any atom is -0.454 e. The molecule has 0 bridgehead atoms. The Balaban J connectivity index is 1.64. The van der Waals surface area contributed by atoms with E-state index < -0.39 is 0 Å². The summed E-state index contributed by atoms with van der Waals surface area (Å²) in [5.41, 5.74) is 2.75. The zero-order chi connectivity index (χ0) is 15.1. The van der Waals surface area contributed by atoms with E-state index in [1.54, 1.807) is 22.7 Å². The number of hydrogen-bond acceptors (Lipinski definition) is 5. The van der Waals surface area contributed by atoms with Crippen LogP contribution >= 0.6 is 34.3 Å². The van der Waals surface area contributed by atoms with Crippen LogP contribution in [0.2, 0.25) is 5.02 Å². The van der Waals surface area contributed by atoms with Crippen LogP contribution in [0.5, 0.6) is 0 Å². The van der Waals surface area contributed by atoms with Crippen LogP contribution in [0.4, 0.5) is 0 Å². The summed E-state index contributed by atoms with van der Waals surface area (Å²) in [6.45, 7) is 2.01. The third-order valence-corrected chi connectivity index (χ3v) is 5.19. The van der Waals surface area contributed by atoms with Crippen LogP contribution in [0.1, 0.15) is 15.7 Å². The molecule has 0 saturated heterocycles. The lowest BCUT2D eigenvalue weighted by molar-refractivity contribution is 0.629. The van der Waals surface area contributed by atoms with Crippen molar-refractivity contribution >= 4 is 45.2 Å². The molecule has 1 aromatic carbocycles. The number of benzene rings is 1. The summed E-state index contributed by atoms with van der Waals surface area (Å²) >= 11 is 9.30. The van der Waals surface area contributed by atoms with Crippen molar-refractivity contribution in [2.24, 2.45) is 0 Å². The van der Waals surface area contributed by atoms with Gasteiger partial charge >= 0.3 is 0 Å². The Bertz CT molecular complexity index is 954. The van der Waals surface area contributed by atoms with Crippen LogP contribution in [0.3, 0.4) is 0 Å². The number of aromatic nitrogens is 2. The molecule has 0 saturated carbocycles.